The molecular formula is C15H18N6. The maximum Gasteiger partial charge on any atom is 0.180 e. The van der Waals surface area contributed by atoms with Gasteiger partial charge >= 0.3 is 0 Å². The highest BCUT2D eigenvalue weighted by atomic mass is 15.1. The Balaban J connectivity index is 1.47. The summed E-state index contributed by atoms with van der Waals surface area (Å²) in [6, 6.07) is 3.88. The van der Waals surface area contributed by atoms with E-state index in [0.717, 1.165) is 43.1 Å². The summed E-state index contributed by atoms with van der Waals surface area (Å²) in [7, 11) is 0. The van der Waals surface area contributed by atoms with Gasteiger partial charge in [-0.3, -0.25) is 4.98 Å². The summed E-state index contributed by atoms with van der Waals surface area (Å²) in [6.45, 7) is 3.93. The average molecular weight is 282 g/mol. The molecule has 0 aliphatic carbocycles. The van der Waals surface area contributed by atoms with Crippen LogP contribution in [0.3, 0.4) is 0 Å². The largest absolute Gasteiger partial charge is 0.370 e. The van der Waals surface area contributed by atoms with Crippen LogP contribution in [0.15, 0.2) is 36.9 Å². The van der Waals surface area contributed by atoms with E-state index in [1.54, 1.807) is 12.4 Å². The highest BCUT2D eigenvalue weighted by Crippen LogP contribution is 2.10. The first-order chi connectivity index (χ1) is 10.3. The first-order valence-electron chi connectivity index (χ1n) is 7.12. The Bertz CT molecular complexity index is 721. The molecule has 108 valence electrons. The van der Waals surface area contributed by atoms with Crippen LogP contribution in [0.4, 0.5) is 5.82 Å². The number of anilines is 1. The van der Waals surface area contributed by atoms with E-state index in [2.05, 4.69) is 29.8 Å². The van der Waals surface area contributed by atoms with Crippen molar-refractivity contribution in [2.75, 3.05) is 11.9 Å². The first kappa shape index (κ1) is 13.5. The monoisotopic (exact) mass is 282 g/mol. The van der Waals surface area contributed by atoms with Gasteiger partial charge in [-0.25, -0.2) is 15.0 Å². The second-order valence-electron chi connectivity index (χ2n) is 4.90. The lowest BCUT2D eigenvalue weighted by Crippen LogP contribution is -2.06. The maximum atomic E-state index is 4.44. The minimum absolute atomic E-state index is 0.677. The minimum Gasteiger partial charge on any atom is -0.370 e. The number of hydrogen-bond acceptors (Lipinski definition) is 5. The molecule has 3 aromatic heterocycles. The lowest BCUT2D eigenvalue weighted by molar-refractivity contribution is 0.607. The summed E-state index contributed by atoms with van der Waals surface area (Å²) < 4.78 is 2.17. The van der Waals surface area contributed by atoms with Gasteiger partial charge < -0.3 is 9.88 Å². The summed E-state index contributed by atoms with van der Waals surface area (Å²) in [6.07, 6.45) is 9.39. The lowest BCUT2D eigenvalue weighted by Gasteiger charge is -2.07. The molecule has 0 bridgehead atoms. The number of nitrogens with one attached hydrogen (secondary N) is 1. The molecule has 0 aliphatic heterocycles. The molecule has 3 aromatic rings. The molecule has 0 fully saturated rings. The second kappa shape index (κ2) is 6.30. The zero-order chi connectivity index (χ0) is 14.5. The third-order valence-corrected chi connectivity index (χ3v) is 3.39. The van der Waals surface area contributed by atoms with Crippen molar-refractivity contribution in [1.82, 2.24) is 24.5 Å². The standard InChI is InChI=1S/C15H18N6/c1-12-16-9-11-21(12)10-3-2-6-18-14-5-4-13-15(20-14)19-8-7-17-13/h4-5,7-9,11H,2-3,6,10H2,1H3,(H,18,19,20). The minimum atomic E-state index is 0.677. The molecule has 3 heterocycles. The average Bonchev–Trinajstić information content (AvgIpc) is 2.92. The summed E-state index contributed by atoms with van der Waals surface area (Å²) in [4.78, 5) is 17.1. The molecule has 0 radical (unpaired) electrons. The van der Waals surface area contributed by atoms with Crippen LogP contribution in [0.5, 0.6) is 0 Å². The SMILES string of the molecule is Cc1nccn1CCCCNc1ccc2nccnc2n1. The van der Waals surface area contributed by atoms with Crippen molar-refractivity contribution < 1.29 is 0 Å². The van der Waals surface area contributed by atoms with Crippen LogP contribution in [0.2, 0.25) is 0 Å². The van der Waals surface area contributed by atoms with Crippen LogP contribution in [0.25, 0.3) is 11.2 Å². The number of fused-ring (bicyclic) bond motifs is 1. The number of aromatic nitrogens is 5. The van der Waals surface area contributed by atoms with Crippen LogP contribution in [0, 0.1) is 6.92 Å². The fraction of sp³-hybridized carbons (Fsp3) is 0.333. The lowest BCUT2D eigenvalue weighted by atomic mass is 10.3. The first-order valence-corrected chi connectivity index (χ1v) is 7.12. The van der Waals surface area contributed by atoms with Gasteiger partial charge in [-0.1, -0.05) is 0 Å². The Labute approximate surface area is 123 Å². The number of hydrogen-bond donors (Lipinski definition) is 1. The van der Waals surface area contributed by atoms with Gasteiger partial charge in [0.1, 0.15) is 17.2 Å². The topological polar surface area (TPSA) is 68.5 Å². The third-order valence-electron chi connectivity index (χ3n) is 3.39. The van der Waals surface area contributed by atoms with Crippen LogP contribution < -0.4 is 5.32 Å². The fourth-order valence-electron chi connectivity index (χ4n) is 2.22. The summed E-state index contributed by atoms with van der Waals surface area (Å²) in [5.74, 6) is 1.92. The van der Waals surface area contributed by atoms with Crippen molar-refractivity contribution in [2.45, 2.75) is 26.3 Å². The summed E-state index contributed by atoms with van der Waals surface area (Å²) >= 11 is 0. The predicted octanol–water partition coefficient (Wildman–Crippen LogP) is 2.42. The molecule has 0 unspecified atom stereocenters. The molecule has 3 rings (SSSR count). The molecule has 0 aliphatic rings. The molecule has 0 aromatic carbocycles. The van der Waals surface area contributed by atoms with E-state index in [9.17, 15) is 0 Å². The Morgan fingerprint density at radius 1 is 1.05 bits per heavy atom. The maximum absolute atomic E-state index is 4.44. The van der Waals surface area contributed by atoms with Gasteiger partial charge in [0.25, 0.3) is 0 Å². The molecular weight excluding hydrogens is 264 g/mol. The van der Waals surface area contributed by atoms with Crippen molar-refractivity contribution in [3.05, 3.63) is 42.7 Å². The highest BCUT2D eigenvalue weighted by Gasteiger charge is 2.00. The number of imidazole rings is 1. The Morgan fingerprint density at radius 2 is 1.95 bits per heavy atom. The predicted molar refractivity (Wildman–Crippen MR) is 82.0 cm³/mol. The van der Waals surface area contributed by atoms with E-state index in [1.165, 1.54) is 0 Å². The van der Waals surface area contributed by atoms with E-state index < -0.39 is 0 Å². The highest BCUT2D eigenvalue weighted by molar-refractivity contribution is 5.71. The summed E-state index contributed by atoms with van der Waals surface area (Å²) in [5, 5.41) is 3.33. The number of nitrogens with zero attached hydrogens (tertiary/aromatic N) is 5. The van der Waals surface area contributed by atoms with E-state index >= 15 is 0 Å². The van der Waals surface area contributed by atoms with Crippen molar-refractivity contribution in [1.29, 1.82) is 0 Å². The van der Waals surface area contributed by atoms with Crippen LogP contribution in [-0.2, 0) is 6.54 Å². The van der Waals surface area contributed by atoms with Gasteiger partial charge in [0.2, 0.25) is 0 Å². The van der Waals surface area contributed by atoms with Gasteiger partial charge in [-0.15, -0.1) is 0 Å². The quantitative estimate of drug-likeness (QED) is 0.703. The molecule has 1 N–H and O–H groups in total. The molecule has 6 heteroatoms. The van der Waals surface area contributed by atoms with Crippen molar-refractivity contribution in [3.8, 4) is 0 Å². The van der Waals surface area contributed by atoms with E-state index in [0.29, 0.717) is 5.65 Å². The smallest absolute Gasteiger partial charge is 0.180 e. The van der Waals surface area contributed by atoms with E-state index in [-0.39, 0.29) is 0 Å². The number of aryl methyl sites for hydroxylation is 2. The van der Waals surface area contributed by atoms with Crippen molar-refractivity contribution in [3.63, 3.8) is 0 Å². The Kier molecular flexibility index (Phi) is 4.04. The second-order valence-corrected chi connectivity index (χ2v) is 4.90. The third kappa shape index (κ3) is 3.34. The molecule has 0 saturated carbocycles. The van der Waals surface area contributed by atoms with Gasteiger partial charge in [0.15, 0.2) is 5.65 Å². The van der Waals surface area contributed by atoms with Crippen LogP contribution in [0.1, 0.15) is 18.7 Å². The fourth-order valence-corrected chi connectivity index (χ4v) is 2.22. The molecule has 0 saturated heterocycles. The van der Waals surface area contributed by atoms with Gasteiger partial charge in [0, 0.05) is 37.9 Å². The van der Waals surface area contributed by atoms with Crippen LogP contribution >= 0.6 is 0 Å². The molecule has 21 heavy (non-hydrogen) atoms. The Hall–Kier alpha value is -2.50. The zero-order valence-electron chi connectivity index (χ0n) is 12.0. The normalized spacial score (nSPS) is 10.9. The molecule has 0 amide bonds. The van der Waals surface area contributed by atoms with E-state index in [4.69, 9.17) is 0 Å². The van der Waals surface area contributed by atoms with Crippen LogP contribution in [-0.4, -0.2) is 31.0 Å². The molecule has 0 atom stereocenters. The van der Waals surface area contributed by atoms with Gasteiger partial charge in [-0.05, 0) is 31.9 Å². The zero-order valence-corrected chi connectivity index (χ0v) is 12.0. The van der Waals surface area contributed by atoms with Gasteiger partial charge in [0.05, 0.1) is 0 Å². The molecule has 0 spiro atoms. The van der Waals surface area contributed by atoms with Crippen molar-refractivity contribution >= 4 is 17.0 Å². The summed E-state index contributed by atoms with van der Waals surface area (Å²) in [5.41, 5.74) is 1.50. The number of rotatable bonds is 6. The van der Waals surface area contributed by atoms with Gasteiger partial charge in [-0.2, -0.15) is 0 Å². The van der Waals surface area contributed by atoms with E-state index in [1.807, 2.05) is 31.5 Å². The molecule has 6 nitrogen and oxygen atoms in total. The Morgan fingerprint density at radius 3 is 2.81 bits per heavy atom. The number of pyridine rings is 1. The van der Waals surface area contributed by atoms with Crippen molar-refractivity contribution in [2.24, 2.45) is 0 Å². The number of unbranched alkanes of at least 4 members (excludes halogenated alkanes) is 1.